The van der Waals surface area contributed by atoms with Gasteiger partial charge in [0.05, 0.1) is 21.3 Å². The summed E-state index contributed by atoms with van der Waals surface area (Å²) in [6.45, 7) is 2.79. The number of benzene rings is 2. The van der Waals surface area contributed by atoms with Crippen molar-refractivity contribution in [2.45, 2.75) is 13.8 Å². The number of aryl methyl sites for hydroxylation is 2. The van der Waals surface area contributed by atoms with Crippen LogP contribution in [0.25, 0.3) is 0 Å². The maximum atomic E-state index is 13.4. The minimum Gasteiger partial charge on any atom is -0.452 e. The standard InChI is InChI=1S/C17H14Cl2FNO3/c1-9-3-5-11(7-13(9)20)17(23)24-8-14(22)21-16-12(18)6-4-10(2)15(16)19/h3-7H,8H2,1-2H3,(H,21,22). The number of ether oxygens (including phenoxy) is 1. The molecule has 2 aromatic rings. The summed E-state index contributed by atoms with van der Waals surface area (Å²) in [7, 11) is 0. The summed E-state index contributed by atoms with van der Waals surface area (Å²) in [6, 6.07) is 7.25. The lowest BCUT2D eigenvalue weighted by Crippen LogP contribution is -2.21. The fourth-order valence-electron chi connectivity index (χ4n) is 1.88. The molecule has 7 heteroatoms. The van der Waals surface area contributed by atoms with Crippen molar-refractivity contribution >= 4 is 40.8 Å². The number of esters is 1. The summed E-state index contributed by atoms with van der Waals surface area (Å²) in [6.07, 6.45) is 0. The third-order valence-electron chi connectivity index (χ3n) is 3.29. The van der Waals surface area contributed by atoms with Crippen LogP contribution in [0, 0.1) is 19.7 Å². The van der Waals surface area contributed by atoms with Crippen molar-refractivity contribution in [3.8, 4) is 0 Å². The Bertz CT molecular complexity index is 809. The maximum absolute atomic E-state index is 13.4. The number of rotatable bonds is 4. The Balaban J connectivity index is 2.00. The molecule has 0 aliphatic carbocycles. The molecule has 0 saturated carbocycles. The normalized spacial score (nSPS) is 10.4. The number of carbonyl (C=O) groups is 2. The lowest BCUT2D eigenvalue weighted by atomic mass is 10.1. The molecule has 0 aliphatic rings. The van der Waals surface area contributed by atoms with Crippen LogP contribution in [0.3, 0.4) is 0 Å². The molecule has 0 heterocycles. The van der Waals surface area contributed by atoms with E-state index >= 15 is 0 Å². The molecule has 0 saturated heterocycles. The summed E-state index contributed by atoms with van der Waals surface area (Å²) in [5, 5.41) is 3.07. The SMILES string of the molecule is Cc1ccc(C(=O)OCC(=O)Nc2c(Cl)ccc(C)c2Cl)cc1F. The lowest BCUT2D eigenvalue weighted by molar-refractivity contribution is -0.119. The Morgan fingerprint density at radius 3 is 2.46 bits per heavy atom. The van der Waals surface area contributed by atoms with Gasteiger partial charge in [-0.2, -0.15) is 0 Å². The lowest BCUT2D eigenvalue weighted by Gasteiger charge is -2.11. The van der Waals surface area contributed by atoms with Crippen LogP contribution in [0.15, 0.2) is 30.3 Å². The van der Waals surface area contributed by atoms with E-state index in [0.29, 0.717) is 10.6 Å². The second-order valence-corrected chi connectivity index (χ2v) is 5.93. The van der Waals surface area contributed by atoms with Crippen molar-refractivity contribution < 1.29 is 18.7 Å². The molecule has 4 nitrogen and oxygen atoms in total. The van der Waals surface area contributed by atoms with Crippen LogP contribution in [0.5, 0.6) is 0 Å². The van der Waals surface area contributed by atoms with E-state index in [2.05, 4.69) is 5.32 Å². The number of halogens is 3. The molecular formula is C17H14Cl2FNO3. The third-order valence-corrected chi connectivity index (χ3v) is 4.09. The van der Waals surface area contributed by atoms with Crippen molar-refractivity contribution in [2.24, 2.45) is 0 Å². The van der Waals surface area contributed by atoms with Crippen LogP contribution in [0.4, 0.5) is 10.1 Å². The molecule has 126 valence electrons. The van der Waals surface area contributed by atoms with Crippen LogP contribution >= 0.6 is 23.2 Å². The van der Waals surface area contributed by atoms with Gasteiger partial charge in [0.25, 0.3) is 5.91 Å². The largest absolute Gasteiger partial charge is 0.452 e. The van der Waals surface area contributed by atoms with E-state index in [4.69, 9.17) is 27.9 Å². The molecule has 0 radical (unpaired) electrons. The molecule has 0 aliphatic heterocycles. The van der Waals surface area contributed by atoms with Gasteiger partial charge in [0.15, 0.2) is 6.61 Å². The number of hydrogen-bond acceptors (Lipinski definition) is 3. The minimum absolute atomic E-state index is 0.0255. The van der Waals surface area contributed by atoms with Crippen molar-refractivity contribution in [1.82, 2.24) is 0 Å². The highest BCUT2D eigenvalue weighted by Gasteiger charge is 2.15. The number of nitrogens with one attached hydrogen (secondary N) is 1. The van der Waals surface area contributed by atoms with E-state index in [1.807, 2.05) is 0 Å². The molecule has 2 aromatic carbocycles. The van der Waals surface area contributed by atoms with Crippen molar-refractivity contribution in [3.05, 3.63) is 62.9 Å². The van der Waals surface area contributed by atoms with E-state index < -0.39 is 24.3 Å². The predicted molar refractivity (Wildman–Crippen MR) is 91.2 cm³/mol. The van der Waals surface area contributed by atoms with E-state index in [1.54, 1.807) is 26.0 Å². The Kier molecular flexibility index (Phi) is 5.80. The first-order valence-corrected chi connectivity index (χ1v) is 7.73. The van der Waals surface area contributed by atoms with Crippen molar-refractivity contribution in [2.75, 3.05) is 11.9 Å². The van der Waals surface area contributed by atoms with Gasteiger partial charge >= 0.3 is 5.97 Å². The summed E-state index contributed by atoms with van der Waals surface area (Å²) in [5.41, 5.74) is 1.43. The summed E-state index contributed by atoms with van der Waals surface area (Å²) in [4.78, 5) is 23.7. The number of amides is 1. The number of hydrogen-bond donors (Lipinski definition) is 1. The highest BCUT2D eigenvalue weighted by atomic mass is 35.5. The molecule has 0 fully saturated rings. The van der Waals surface area contributed by atoms with Crippen molar-refractivity contribution in [3.63, 3.8) is 0 Å². The minimum atomic E-state index is -0.800. The second-order valence-electron chi connectivity index (χ2n) is 5.14. The molecular weight excluding hydrogens is 356 g/mol. The third kappa shape index (κ3) is 4.24. The van der Waals surface area contributed by atoms with Crippen LogP contribution in [-0.4, -0.2) is 18.5 Å². The highest BCUT2D eigenvalue weighted by molar-refractivity contribution is 6.40. The quantitative estimate of drug-likeness (QED) is 0.804. The second kappa shape index (κ2) is 7.64. The van der Waals surface area contributed by atoms with Crippen molar-refractivity contribution in [1.29, 1.82) is 0 Å². The first kappa shape index (κ1) is 18.2. The average molecular weight is 370 g/mol. The molecule has 1 N–H and O–H groups in total. The van der Waals surface area contributed by atoms with Gasteiger partial charge in [-0.05, 0) is 43.2 Å². The molecule has 0 spiro atoms. The van der Waals surface area contributed by atoms with Gasteiger partial charge in [-0.1, -0.05) is 35.3 Å². The first-order valence-electron chi connectivity index (χ1n) is 6.97. The average Bonchev–Trinajstić information content (AvgIpc) is 2.55. The number of carbonyl (C=O) groups excluding carboxylic acids is 2. The van der Waals surface area contributed by atoms with E-state index in [9.17, 15) is 14.0 Å². The zero-order valence-electron chi connectivity index (χ0n) is 13.0. The molecule has 0 atom stereocenters. The first-order chi connectivity index (χ1) is 11.3. The summed E-state index contributed by atoms with van der Waals surface area (Å²) in [5.74, 6) is -1.93. The molecule has 0 bridgehead atoms. The van der Waals surface area contributed by atoms with Crippen LogP contribution < -0.4 is 5.32 Å². The van der Waals surface area contributed by atoms with Gasteiger partial charge < -0.3 is 10.1 Å². The smallest absolute Gasteiger partial charge is 0.338 e. The van der Waals surface area contributed by atoms with E-state index in [-0.39, 0.29) is 16.3 Å². The van der Waals surface area contributed by atoms with Gasteiger partial charge in [0.1, 0.15) is 5.82 Å². The fraction of sp³-hybridized carbons (Fsp3) is 0.176. The predicted octanol–water partition coefficient (Wildman–Crippen LogP) is 4.54. The van der Waals surface area contributed by atoms with Gasteiger partial charge in [-0.25, -0.2) is 9.18 Å². The highest BCUT2D eigenvalue weighted by Crippen LogP contribution is 2.32. The maximum Gasteiger partial charge on any atom is 0.338 e. The zero-order valence-corrected chi connectivity index (χ0v) is 14.5. The Morgan fingerprint density at radius 2 is 1.79 bits per heavy atom. The topological polar surface area (TPSA) is 55.4 Å². The zero-order chi connectivity index (χ0) is 17.9. The monoisotopic (exact) mass is 369 g/mol. The van der Waals surface area contributed by atoms with Crippen LogP contribution in [-0.2, 0) is 9.53 Å². The molecule has 0 aromatic heterocycles. The van der Waals surface area contributed by atoms with Gasteiger partial charge in [0, 0.05) is 0 Å². The summed E-state index contributed by atoms with van der Waals surface area (Å²) >= 11 is 12.1. The number of anilines is 1. The van der Waals surface area contributed by atoms with E-state index in [1.165, 1.54) is 12.1 Å². The Labute approximate surface area is 148 Å². The molecule has 2 rings (SSSR count). The van der Waals surface area contributed by atoms with Crippen LogP contribution in [0.2, 0.25) is 10.0 Å². The molecule has 24 heavy (non-hydrogen) atoms. The Morgan fingerprint density at radius 1 is 1.12 bits per heavy atom. The van der Waals surface area contributed by atoms with Crippen LogP contribution in [0.1, 0.15) is 21.5 Å². The van der Waals surface area contributed by atoms with E-state index in [0.717, 1.165) is 11.6 Å². The summed E-state index contributed by atoms with van der Waals surface area (Å²) < 4.78 is 18.3. The van der Waals surface area contributed by atoms with Gasteiger partial charge in [-0.15, -0.1) is 0 Å². The molecule has 1 amide bonds. The van der Waals surface area contributed by atoms with Gasteiger partial charge in [0.2, 0.25) is 0 Å². The fourth-order valence-corrected chi connectivity index (χ4v) is 2.35. The van der Waals surface area contributed by atoms with Gasteiger partial charge in [-0.3, -0.25) is 4.79 Å². The molecule has 0 unspecified atom stereocenters. The Hall–Kier alpha value is -2.11.